The third-order valence-corrected chi connectivity index (χ3v) is 3.02. The van der Waals surface area contributed by atoms with Crippen LogP contribution in [0.25, 0.3) is 5.69 Å². The maximum atomic E-state index is 12.2. The van der Waals surface area contributed by atoms with Crippen molar-refractivity contribution in [3.05, 3.63) is 72.2 Å². The van der Waals surface area contributed by atoms with Crippen LogP contribution in [0.15, 0.2) is 60.9 Å². The Hall–Kier alpha value is -2.95. The van der Waals surface area contributed by atoms with E-state index in [-0.39, 0.29) is 5.91 Å². The highest BCUT2D eigenvalue weighted by Crippen LogP contribution is 2.17. The first-order chi connectivity index (χ1) is 10.2. The monoisotopic (exact) mass is 278 g/mol. The van der Waals surface area contributed by atoms with E-state index in [9.17, 15) is 4.79 Å². The van der Waals surface area contributed by atoms with Crippen LogP contribution in [-0.2, 0) is 0 Å². The molecule has 21 heavy (non-hydrogen) atoms. The Kier molecular flexibility index (Phi) is 3.47. The second kappa shape index (κ2) is 5.58. The highest BCUT2D eigenvalue weighted by molar-refractivity contribution is 6.03. The summed E-state index contributed by atoms with van der Waals surface area (Å²) in [7, 11) is 0. The van der Waals surface area contributed by atoms with Gasteiger partial charge in [-0.1, -0.05) is 18.2 Å². The number of anilines is 1. The van der Waals surface area contributed by atoms with E-state index in [0.717, 1.165) is 11.4 Å². The summed E-state index contributed by atoms with van der Waals surface area (Å²) in [4.78, 5) is 16.1. The molecule has 0 radical (unpaired) electrons. The van der Waals surface area contributed by atoms with Crippen molar-refractivity contribution in [2.45, 2.75) is 6.92 Å². The fraction of sp³-hybridized carbons (Fsp3) is 0.0625. The van der Waals surface area contributed by atoms with Crippen LogP contribution in [0, 0.1) is 6.92 Å². The SMILES string of the molecule is Cc1cc(NC(=O)c2ccncc2)n(-c2ccccc2)n1. The van der Waals surface area contributed by atoms with Crippen molar-refractivity contribution in [2.75, 3.05) is 5.32 Å². The average molecular weight is 278 g/mol. The van der Waals surface area contributed by atoms with Crippen LogP contribution in [-0.4, -0.2) is 20.7 Å². The van der Waals surface area contributed by atoms with Gasteiger partial charge in [0.25, 0.3) is 5.91 Å². The molecule has 0 fully saturated rings. The Morgan fingerprint density at radius 1 is 1.10 bits per heavy atom. The number of pyridine rings is 1. The Labute approximate surface area is 122 Å². The summed E-state index contributed by atoms with van der Waals surface area (Å²) in [5, 5.41) is 7.30. The highest BCUT2D eigenvalue weighted by Gasteiger charge is 2.11. The van der Waals surface area contributed by atoms with Crippen molar-refractivity contribution in [3.63, 3.8) is 0 Å². The van der Waals surface area contributed by atoms with Crippen LogP contribution in [0.1, 0.15) is 16.1 Å². The van der Waals surface area contributed by atoms with Gasteiger partial charge in [-0.25, -0.2) is 4.68 Å². The van der Waals surface area contributed by atoms with Crippen molar-refractivity contribution in [1.29, 1.82) is 0 Å². The molecule has 0 aliphatic carbocycles. The molecule has 104 valence electrons. The molecule has 0 aliphatic heterocycles. The van der Waals surface area contributed by atoms with Crippen molar-refractivity contribution >= 4 is 11.7 Å². The quantitative estimate of drug-likeness (QED) is 0.801. The largest absolute Gasteiger partial charge is 0.306 e. The number of aryl methyl sites for hydroxylation is 1. The zero-order chi connectivity index (χ0) is 14.7. The molecule has 1 aromatic carbocycles. The van der Waals surface area contributed by atoms with Crippen LogP contribution in [0.2, 0.25) is 0 Å². The maximum absolute atomic E-state index is 12.2. The van der Waals surface area contributed by atoms with Gasteiger partial charge in [0.05, 0.1) is 11.4 Å². The van der Waals surface area contributed by atoms with E-state index in [1.807, 2.05) is 43.3 Å². The lowest BCUT2D eigenvalue weighted by Crippen LogP contribution is -2.15. The highest BCUT2D eigenvalue weighted by atomic mass is 16.1. The molecule has 0 saturated heterocycles. The summed E-state index contributed by atoms with van der Waals surface area (Å²) in [6, 6.07) is 14.9. The normalized spacial score (nSPS) is 10.3. The third-order valence-electron chi connectivity index (χ3n) is 3.02. The molecule has 2 heterocycles. The lowest BCUT2D eigenvalue weighted by molar-refractivity contribution is 0.102. The summed E-state index contributed by atoms with van der Waals surface area (Å²) in [6.45, 7) is 1.89. The van der Waals surface area contributed by atoms with Gasteiger partial charge < -0.3 is 5.32 Å². The number of rotatable bonds is 3. The third kappa shape index (κ3) is 2.81. The lowest BCUT2D eigenvalue weighted by atomic mass is 10.2. The minimum Gasteiger partial charge on any atom is -0.306 e. The van der Waals surface area contributed by atoms with Gasteiger partial charge in [-0.2, -0.15) is 5.10 Å². The fourth-order valence-corrected chi connectivity index (χ4v) is 2.05. The van der Waals surface area contributed by atoms with Crippen LogP contribution in [0.5, 0.6) is 0 Å². The first-order valence-corrected chi connectivity index (χ1v) is 6.57. The van der Waals surface area contributed by atoms with E-state index >= 15 is 0 Å². The van der Waals surface area contributed by atoms with E-state index in [2.05, 4.69) is 15.4 Å². The number of amides is 1. The molecule has 3 rings (SSSR count). The fourth-order valence-electron chi connectivity index (χ4n) is 2.05. The molecular weight excluding hydrogens is 264 g/mol. The molecule has 0 saturated carbocycles. The zero-order valence-corrected chi connectivity index (χ0v) is 11.5. The van der Waals surface area contributed by atoms with E-state index in [0.29, 0.717) is 11.4 Å². The number of carbonyl (C=O) groups excluding carboxylic acids is 1. The molecule has 3 aromatic rings. The summed E-state index contributed by atoms with van der Waals surface area (Å²) < 4.78 is 1.72. The second-order valence-corrected chi connectivity index (χ2v) is 4.61. The number of benzene rings is 1. The van der Waals surface area contributed by atoms with Crippen LogP contribution in [0.4, 0.5) is 5.82 Å². The second-order valence-electron chi connectivity index (χ2n) is 4.61. The first kappa shape index (κ1) is 13.1. The van der Waals surface area contributed by atoms with Gasteiger partial charge in [0.1, 0.15) is 5.82 Å². The number of nitrogens with zero attached hydrogens (tertiary/aromatic N) is 3. The summed E-state index contributed by atoms with van der Waals surface area (Å²) in [5.41, 5.74) is 2.29. The van der Waals surface area contributed by atoms with E-state index < -0.39 is 0 Å². The van der Waals surface area contributed by atoms with E-state index in [1.165, 1.54) is 0 Å². The smallest absolute Gasteiger partial charge is 0.256 e. The van der Waals surface area contributed by atoms with Gasteiger partial charge in [0.2, 0.25) is 0 Å². The molecule has 0 aliphatic rings. The number of aromatic nitrogens is 3. The zero-order valence-electron chi connectivity index (χ0n) is 11.5. The summed E-state index contributed by atoms with van der Waals surface area (Å²) in [5.74, 6) is 0.454. The van der Waals surface area contributed by atoms with Crippen molar-refractivity contribution in [1.82, 2.24) is 14.8 Å². The molecule has 0 unspecified atom stereocenters. The van der Waals surface area contributed by atoms with E-state index in [1.54, 1.807) is 29.2 Å². The number of nitrogens with one attached hydrogen (secondary N) is 1. The first-order valence-electron chi connectivity index (χ1n) is 6.57. The number of carbonyl (C=O) groups is 1. The molecular formula is C16H14N4O. The van der Waals surface area contributed by atoms with Gasteiger partial charge in [-0.05, 0) is 31.2 Å². The predicted octanol–water partition coefficient (Wildman–Crippen LogP) is 2.83. The van der Waals surface area contributed by atoms with Crippen molar-refractivity contribution in [2.24, 2.45) is 0 Å². The van der Waals surface area contributed by atoms with Gasteiger partial charge in [0, 0.05) is 24.0 Å². The molecule has 5 nitrogen and oxygen atoms in total. The summed E-state index contributed by atoms with van der Waals surface area (Å²) in [6.07, 6.45) is 3.18. The molecule has 0 bridgehead atoms. The van der Waals surface area contributed by atoms with E-state index in [4.69, 9.17) is 0 Å². The molecule has 1 N–H and O–H groups in total. The Balaban J connectivity index is 1.92. The molecule has 1 amide bonds. The summed E-state index contributed by atoms with van der Waals surface area (Å²) >= 11 is 0. The Morgan fingerprint density at radius 3 is 2.52 bits per heavy atom. The van der Waals surface area contributed by atoms with Gasteiger partial charge in [-0.3, -0.25) is 9.78 Å². The van der Waals surface area contributed by atoms with Gasteiger partial charge >= 0.3 is 0 Å². The average Bonchev–Trinajstić information content (AvgIpc) is 2.89. The lowest BCUT2D eigenvalue weighted by Gasteiger charge is -2.08. The Bertz CT molecular complexity index is 750. The number of hydrogen-bond acceptors (Lipinski definition) is 3. The number of hydrogen-bond donors (Lipinski definition) is 1. The molecule has 0 spiro atoms. The van der Waals surface area contributed by atoms with Gasteiger partial charge in [-0.15, -0.1) is 0 Å². The number of para-hydroxylation sites is 1. The molecule has 5 heteroatoms. The van der Waals surface area contributed by atoms with Crippen LogP contribution >= 0.6 is 0 Å². The minimum absolute atomic E-state index is 0.186. The standard InChI is InChI=1S/C16H14N4O/c1-12-11-15(18-16(21)13-7-9-17-10-8-13)20(19-12)14-5-3-2-4-6-14/h2-11H,1H3,(H,18,21). The van der Waals surface area contributed by atoms with Gasteiger partial charge in [0.15, 0.2) is 0 Å². The van der Waals surface area contributed by atoms with Crippen LogP contribution < -0.4 is 5.32 Å². The predicted molar refractivity (Wildman–Crippen MR) is 80.5 cm³/mol. The van der Waals surface area contributed by atoms with Crippen molar-refractivity contribution in [3.8, 4) is 5.69 Å². The molecule has 2 aromatic heterocycles. The maximum Gasteiger partial charge on any atom is 0.256 e. The van der Waals surface area contributed by atoms with Crippen molar-refractivity contribution < 1.29 is 4.79 Å². The minimum atomic E-state index is -0.186. The van der Waals surface area contributed by atoms with Crippen LogP contribution in [0.3, 0.4) is 0 Å². The molecule has 0 atom stereocenters. The Morgan fingerprint density at radius 2 is 1.81 bits per heavy atom. The topological polar surface area (TPSA) is 59.8 Å².